The number of rotatable bonds is 0. The van der Waals surface area contributed by atoms with Gasteiger partial charge in [0.1, 0.15) is 5.69 Å². The van der Waals surface area contributed by atoms with Gasteiger partial charge in [0, 0.05) is 6.20 Å². The largest absolute Gasteiger partial charge is 0.248 e. The van der Waals surface area contributed by atoms with Gasteiger partial charge in [0.25, 0.3) is 0 Å². The Kier molecular flexibility index (Phi) is 4.69. The molecule has 0 unspecified atom stereocenters. The molecule has 1 nitrogen and oxygen atoms in total. The van der Waals surface area contributed by atoms with E-state index in [2.05, 4.69) is 30.0 Å². The number of hydrogen-bond acceptors (Lipinski definition) is 1. The topological polar surface area (TPSA) is 12.9 Å². The lowest BCUT2D eigenvalue weighted by atomic mass is 10.2. The Morgan fingerprint density at radius 1 is 1.00 bits per heavy atom. The molecule has 0 fully saturated rings. The van der Waals surface area contributed by atoms with Crippen molar-refractivity contribution >= 4 is 0 Å². The maximum atomic E-state index is 5.04. The highest BCUT2D eigenvalue weighted by atomic mass is 14.6. The molecule has 1 heteroatoms. The molecule has 0 spiro atoms. The number of pyridine rings is 1. The van der Waals surface area contributed by atoms with Gasteiger partial charge in [-0.1, -0.05) is 47.9 Å². The molecule has 0 radical (unpaired) electrons. The maximum Gasteiger partial charge on any atom is 0.112 e. The van der Waals surface area contributed by atoms with Crippen LogP contribution in [0.4, 0.5) is 0 Å². The predicted octanol–water partition coefficient (Wildman–Crippen LogP) is 3.06. The molecule has 1 heterocycles. The third-order valence-corrected chi connectivity index (χ3v) is 1.75. The van der Waals surface area contributed by atoms with Crippen molar-refractivity contribution in [2.75, 3.05) is 0 Å². The van der Waals surface area contributed by atoms with E-state index in [9.17, 15) is 0 Å². The lowest BCUT2D eigenvalue weighted by Gasteiger charge is -1.82. The molecule has 2 aromatic rings. The van der Waals surface area contributed by atoms with Crippen molar-refractivity contribution in [3.8, 4) is 12.3 Å². The van der Waals surface area contributed by atoms with Crippen LogP contribution >= 0.6 is 0 Å². The molecule has 0 saturated carbocycles. The Labute approximate surface area is 90.8 Å². The van der Waals surface area contributed by atoms with Crippen LogP contribution in [0.2, 0.25) is 0 Å². The van der Waals surface area contributed by atoms with Gasteiger partial charge in [0.2, 0.25) is 0 Å². The van der Waals surface area contributed by atoms with Gasteiger partial charge in [-0.2, -0.15) is 0 Å². The van der Waals surface area contributed by atoms with Gasteiger partial charge in [0.05, 0.1) is 0 Å². The molecular weight excluding hydrogens is 182 g/mol. The highest BCUT2D eigenvalue weighted by Gasteiger charge is 1.78. The summed E-state index contributed by atoms with van der Waals surface area (Å²) in [5.74, 6) is 2.42. The van der Waals surface area contributed by atoms with Gasteiger partial charge >= 0.3 is 0 Å². The summed E-state index contributed by atoms with van der Waals surface area (Å²) in [6.45, 7) is 2.08. The van der Waals surface area contributed by atoms with Gasteiger partial charge in [-0.15, -0.1) is 6.42 Å². The van der Waals surface area contributed by atoms with Crippen molar-refractivity contribution in [3.63, 3.8) is 0 Å². The quantitative estimate of drug-likeness (QED) is 0.589. The predicted molar refractivity (Wildman–Crippen MR) is 63.4 cm³/mol. The van der Waals surface area contributed by atoms with Gasteiger partial charge in [0.15, 0.2) is 0 Å². The summed E-state index contributed by atoms with van der Waals surface area (Å²) in [7, 11) is 0. The summed E-state index contributed by atoms with van der Waals surface area (Å²) >= 11 is 0. The molecular formula is C14H13N. The van der Waals surface area contributed by atoms with Crippen LogP contribution < -0.4 is 0 Å². The van der Waals surface area contributed by atoms with E-state index < -0.39 is 0 Å². The summed E-state index contributed by atoms with van der Waals surface area (Å²) < 4.78 is 0. The Balaban J connectivity index is 0.000000151. The van der Waals surface area contributed by atoms with Crippen molar-refractivity contribution < 1.29 is 0 Å². The number of aromatic nitrogens is 1. The first-order chi connectivity index (χ1) is 7.33. The zero-order chi connectivity index (χ0) is 10.9. The molecule has 0 N–H and O–H groups in total. The van der Waals surface area contributed by atoms with Crippen LogP contribution in [0.1, 0.15) is 11.3 Å². The fourth-order valence-corrected chi connectivity index (χ4v) is 0.983. The summed E-state index contributed by atoms with van der Waals surface area (Å²) in [4.78, 5) is 3.86. The zero-order valence-corrected chi connectivity index (χ0v) is 8.72. The van der Waals surface area contributed by atoms with Crippen molar-refractivity contribution in [1.29, 1.82) is 0 Å². The molecule has 0 amide bonds. The molecule has 0 atom stereocenters. The molecule has 0 saturated heterocycles. The molecule has 0 aliphatic carbocycles. The van der Waals surface area contributed by atoms with Crippen LogP contribution in [0.3, 0.4) is 0 Å². The second-order valence-electron chi connectivity index (χ2n) is 3.01. The fraction of sp³-hybridized carbons (Fsp3) is 0.0714. The van der Waals surface area contributed by atoms with Gasteiger partial charge in [-0.25, -0.2) is 4.98 Å². The Bertz CT molecular complexity index is 412. The summed E-state index contributed by atoms with van der Waals surface area (Å²) in [6, 6.07) is 15.8. The molecule has 0 bridgehead atoms. The maximum absolute atomic E-state index is 5.04. The summed E-state index contributed by atoms with van der Waals surface area (Å²) in [6.07, 6.45) is 6.71. The number of hydrogen-bond donors (Lipinski definition) is 0. The lowest BCUT2D eigenvalue weighted by Crippen LogP contribution is -1.75. The van der Waals surface area contributed by atoms with E-state index in [1.54, 1.807) is 12.3 Å². The standard InChI is InChI=1S/C7H5N.C7H8/c1-2-7-5-3-4-6-8-7;1-7-5-3-2-4-6-7/h1,3-6H;2-6H,1H3. The second kappa shape index (κ2) is 6.39. The molecule has 2 rings (SSSR count). The van der Waals surface area contributed by atoms with Crippen LogP contribution in [-0.2, 0) is 0 Å². The van der Waals surface area contributed by atoms with Gasteiger partial charge in [-0.05, 0) is 19.1 Å². The Morgan fingerprint density at radius 2 is 1.67 bits per heavy atom. The van der Waals surface area contributed by atoms with E-state index in [4.69, 9.17) is 6.42 Å². The average Bonchev–Trinajstić information content (AvgIpc) is 2.32. The number of terminal acetylenes is 1. The zero-order valence-electron chi connectivity index (χ0n) is 8.72. The molecule has 15 heavy (non-hydrogen) atoms. The van der Waals surface area contributed by atoms with Crippen molar-refractivity contribution in [1.82, 2.24) is 4.98 Å². The first-order valence-corrected chi connectivity index (χ1v) is 4.72. The smallest absolute Gasteiger partial charge is 0.112 e. The Morgan fingerprint density at radius 3 is 2.00 bits per heavy atom. The fourth-order valence-electron chi connectivity index (χ4n) is 0.983. The highest BCUT2D eigenvalue weighted by molar-refractivity contribution is 5.22. The van der Waals surface area contributed by atoms with E-state index in [0.29, 0.717) is 5.69 Å². The molecule has 74 valence electrons. The molecule has 1 aromatic carbocycles. The van der Waals surface area contributed by atoms with E-state index in [0.717, 1.165) is 0 Å². The average molecular weight is 195 g/mol. The minimum absolute atomic E-state index is 0.688. The lowest BCUT2D eigenvalue weighted by molar-refractivity contribution is 1.29. The Hall–Kier alpha value is -2.07. The minimum atomic E-state index is 0.688. The van der Waals surface area contributed by atoms with E-state index in [1.807, 2.05) is 30.3 Å². The van der Waals surface area contributed by atoms with Crippen LogP contribution in [0, 0.1) is 19.3 Å². The summed E-state index contributed by atoms with van der Waals surface area (Å²) in [5.41, 5.74) is 2.01. The third kappa shape index (κ3) is 4.64. The third-order valence-electron chi connectivity index (χ3n) is 1.75. The van der Waals surface area contributed by atoms with E-state index in [-0.39, 0.29) is 0 Å². The number of aryl methyl sites for hydroxylation is 1. The molecule has 0 aliphatic heterocycles. The number of benzene rings is 1. The summed E-state index contributed by atoms with van der Waals surface area (Å²) in [5, 5.41) is 0. The van der Waals surface area contributed by atoms with Gasteiger partial charge < -0.3 is 0 Å². The SMILES string of the molecule is C#Cc1ccccn1.Cc1ccccc1. The van der Waals surface area contributed by atoms with Crippen LogP contribution in [0.15, 0.2) is 54.7 Å². The van der Waals surface area contributed by atoms with Crippen molar-refractivity contribution in [2.24, 2.45) is 0 Å². The van der Waals surface area contributed by atoms with Crippen LogP contribution in [-0.4, -0.2) is 4.98 Å². The van der Waals surface area contributed by atoms with E-state index in [1.165, 1.54) is 5.56 Å². The monoisotopic (exact) mass is 195 g/mol. The van der Waals surface area contributed by atoms with Crippen molar-refractivity contribution in [3.05, 3.63) is 66.0 Å². The minimum Gasteiger partial charge on any atom is -0.248 e. The number of nitrogens with zero attached hydrogens (tertiary/aromatic N) is 1. The normalized spacial score (nSPS) is 8.27. The molecule has 0 aliphatic rings. The van der Waals surface area contributed by atoms with Gasteiger partial charge in [-0.3, -0.25) is 0 Å². The molecule has 1 aromatic heterocycles. The van der Waals surface area contributed by atoms with E-state index >= 15 is 0 Å². The van der Waals surface area contributed by atoms with Crippen LogP contribution in [0.25, 0.3) is 0 Å². The first kappa shape index (κ1) is 11.0. The van der Waals surface area contributed by atoms with Crippen molar-refractivity contribution in [2.45, 2.75) is 6.92 Å². The first-order valence-electron chi connectivity index (χ1n) is 4.72. The highest BCUT2D eigenvalue weighted by Crippen LogP contribution is 1.92. The second-order valence-corrected chi connectivity index (χ2v) is 3.01. The van der Waals surface area contributed by atoms with Crippen LogP contribution in [0.5, 0.6) is 0 Å².